The number of anilines is 2. The van der Waals surface area contributed by atoms with E-state index in [-0.39, 0.29) is 12.1 Å². The average molecular weight is 382 g/mol. The minimum Gasteiger partial charge on any atom is -0.491 e. The summed E-state index contributed by atoms with van der Waals surface area (Å²) in [5, 5.41) is 2.98. The highest BCUT2D eigenvalue weighted by Crippen LogP contribution is 2.22. The molecule has 0 saturated carbocycles. The van der Waals surface area contributed by atoms with Crippen LogP contribution in [0.25, 0.3) is 0 Å². The lowest BCUT2D eigenvalue weighted by Crippen LogP contribution is -2.50. The van der Waals surface area contributed by atoms with Crippen LogP contribution in [0.5, 0.6) is 5.75 Å². The van der Waals surface area contributed by atoms with E-state index in [2.05, 4.69) is 48.3 Å². The molecule has 0 spiro atoms. The third kappa shape index (κ3) is 5.18. The molecule has 0 radical (unpaired) electrons. The van der Waals surface area contributed by atoms with Gasteiger partial charge in [0.15, 0.2) is 0 Å². The quantitative estimate of drug-likeness (QED) is 0.797. The molecule has 28 heavy (non-hydrogen) atoms. The monoisotopic (exact) mass is 381 g/mol. The first-order valence-electron chi connectivity index (χ1n) is 10.1. The Balaban J connectivity index is 1.50. The molecule has 0 aromatic heterocycles. The van der Waals surface area contributed by atoms with Crippen LogP contribution in [0.2, 0.25) is 0 Å². The van der Waals surface area contributed by atoms with Crippen molar-refractivity contribution in [2.24, 2.45) is 0 Å². The van der Waals surface area contributed by atoms with E-state index in [0.717, 1.165) is 24.5 Å². The van der Waals surface area contributed by atoms with Crippen molar-refractivity contribution >= 4 is 17.4 Å². The molecule has 0 atom stereocenters. The SMILES string of the molecule is CC(C)Oc1ccc(NC(=O)N2CCN(c3ccc(C(C)C)cc3)CC2)cc1. The van der Waals surface area contributed by atoms with Gasteiger partial charge in [0, 0.05) is 37.6 Å². The smallest absolute Gasteiger partial charge is 0.321 e. The van der Waals surface area contributed by atoms with Crippen LogP contribution in [0.3, 0.4) is 0 Å². The van der Waals surface area contributed by atoms with Crippen molar-refractivity contribution in [2.45, 2.75) is 39.7 Å². The number of carbonyl (C=O) groups is 1. The van der Waals surface area contributed by atoms with Crippen LogP contribution < -0.4 is 15.0 Å². The summed E-state index contributed by atoms with van der Waals surface area (Å²) < 4.78 is 5.64. The second-order valence-corrected chi connectivity index (χ2v) is 7.84. The molecule has 0 unspecified atom stereocenters. The lowest BCUT2D eigenvalue weighted by molar-refractivity contribution is 0.208. The third-order valence-corrected chi connectivity index (χ3v) is 4.97. The summed E-state index contributed by atoms with van der Waals surface area (Å²) in [6.07, 6.45) is 0.137. The summed E-state index contributed by atoms with van der Waals surface area (Å²) in [7, 11) is 0. The first-order valence-corrected chi connectivity index (χ1v) is 10.1. The Bertz CT molecular complexity index is 761. The standard InChI is InChI=1S/C23H31N3O2/c1-17(2)19-5-9-21(10-6-19)25-13-15-26(16-14-25)23(27)24-20-7-11-22(12-8-20)28-18(3)4/h5-12,17-18H,13-16H2,1-4H3,(H,24,27). The van der Waals surface area contributed by atoms with E-state index >= 15 is 0 Å². The average Bonchev–Trinajstić information content (AvgIpc) is 2.69. The van der Waals surface area contributed by atoms with Gasteiger partial charge in [0.05, 0.1) is 6.10 Å². The van der Waals surface area contributed by atoms with Gasteiger partial charge in [0.2, 0.25) is 0 Å². The van der Waals surface area contributed by atoms with Gasteiger partial charge in [-0.15, -0.1) is 0 Å². The van der Waals surface area contributed by atoms with Gasteiger partial charge in [-0.2, -0.15) is 0 Å². The van der Waals surface area contributed by atoms with E-state index in [1.165, 1.54) is 11.3 Å². The molecule has 1 aliphatic rings. The fraction of sp³-hybridized carbons (Fsp3) is 0.435. The van der Waals surface area contributed by atoms with Gasteiger partial charge in [-0.05, 0) is 61.7 Å². The van der Waals surface area contributed by atoms with Crippen LogP contribution in [-0.4, -0.2) is 43.2 Å². The van der Waals surface area contributed by atoms with E-state index in [4.69, 9.17) is 4.74 Å². The van der Waals surface area contributed by atoms with Crippen molar-refractivity contribution in [3.63, 3.8) is 0 Å². The van der Waals surface area contributed by atoms with Gasteiger partial charge >= 0.3 is 6.03 Å². The summed E-state index contributed by atoms with van der Waals surface area (Å²) in [5.41, 5.74) is 3.37. The van der Waals surface area contributed by atoms with Crippen molar-refractivity contribution in [1.82, 2.24) is 4.90 Å². The minimum atomic E-state index is -0.0488. The van der Waals surface area contributed by atoms with E-state index in [9.17, 15) is 4.79 Å². The number of urea groups is 1. The Morgan fingerprint density at radius 2 is 1.50 bits per heavy atom. The summed E-state index contributed by atoms with van der Waals surface area (Å²) in [6, 6.07) is 16.2. The number of benzene rings is 2. The molecule has 1 saturated heterocycles. The highest BCUT2D eigenvalue weighted by Gasteiger charge is 2.21. The zero-order valence-corrected chi connectivity index (χ0v) is 17.3. The van der Waals surface area contributed by atoms with Crippen LogP contribution >= 0.6 is 0 Å². The normalized spacial score (nSPS) is 14.5. The Labute approximate surface area is 168 Å². The van der Waals surface area contributed by atoms with Crippen LogP contribution in [0.1, 0.15) is 39.2 Å². The highest BCUT2D eigenvalue weighted by molar-refractivity contribution is 5.89. The van der Waals surface area contributed by atoms with Gasteiger partial charge in [0.1, 0.15) is 5.75 Å². The Hall–Kier alpha value is -2.69. The fourth-order valence-corrected chi connectivity index (χ4v) is 3.33. The first-order chi connectivity index (χ1) is 13.4. The number of ether oxygens (including phenoxy) is 1. The van der Waals surface area contributed by atoms with Gasteiger partial charge in [-0.25, -0.2) is 4.79 Å². The second-order valence-electron chi connectivity index (χ2n) is 7.84. The Morgan fingerprint density at radius 3 is 2.04 bits per heavy atom. The molecule has 150 valence electrons. The van der Waals surface area contributed by atoms with Crippen molar-refractivity contribution < 1.29 is 9.53 Å². The molecule has 5 nitrogen and oxygen atoms in total. The highest BCUT2D eigenvalue weighted by atomic mass is 16.5. The maximum atomic E-state index is 12.6. The van der Waals surface area contributed by atoms with Gasteiger partial charge in [0.25, 0.3) is 0 Å². The van der Waals surface area contributed by atoms with Gasteiger partial charge < -0.3 is 19.9 Å². The molecule has 1 N–H and O–H groups in total. The van der Waals surface area contributed by atoms with E-state index < -0.39 is 0 Å². The van der Waals surface area contributed by atoms with Gasteiger partial charge in [-0.1, -0.05) is 26.0 Å². The minimum absolute atomic E-state index is 0.0488. The van der Waals surface area contributed by atoms with Crippen LogP contribution in [0, 0.1) is 0 Å². The molecule has 1 heterocycles. The van der Waals surface area contributed by atoms with Crippen molar-refractivity contribution in [3.05, 3.63) is 54.1 Å². The molecular formula is C23H31N3O2. The molecule has 1 aliphatic heterocycles. The van der Waals surface area contributed by atoms with E-state index in [0.29, 0.717) is 19.0 Å². The van der Waals surface area contributed by atoms with Crippen molar-refractivity contribution in [3.8, 4) is 5.75 Å². The molecule has 2 aromatic rings. The number of hydrogen-bond donors (Lipinski definition) is 1. The predicted molar refractivity (Wildman–Crippen MR) is 116 cm³/mol. The summed E-state index contributed by atoms with van der Waals surface area (Å²) in [6.45, 7) is 11.5. The first kappa shape index (κ1) is 20.1. The number of amides is 2. The molecule has 0 bridgehead atoms. The number of hydrogen-bond acceptors (Lipinski definition) is 3. The summed E-state index contributed by atoms with van der Waals surface area (Å²) in [5.74, 6) is 1.35. The lowest BCUT2D eigenvalue weighted by atomic mass is 10.0. The second kappa shape index (κ2) is 9.00. The molecule has 3 rings (SSSR count). The Morgan fingerprint density at radius 1 is 0.893 bits per heavy atom. The van der Waals surface area contributed by atoms with Gasteiger partial charge in [-0.3, -0.25) is 0 Å². The molecule has 1 fully saturated rings. The molecule has 0 aliphatic carbocycles. The van der Waals surface area contributed by atoms with E-state index in [1.54, 1.807) is 0 Å². The molecular weight excluding hydrogens is 350 g/mol. The number of piperazine rings is 1. The lowest BCUT2D eigenvalue weighted by Gasteiger charge is -2.36. The topological polar surface area (TPSA) is 44.8 Å². The number of nitrogens with one attached hydrogen (secondary N) is 1. The molecule has 2 amide bonds. The fourth-order valence-electron chi connectivity index (χ4n) is 3.33. The maximum absolute atomic E-state index is 12.6. The molecule has 5 heteroatoms. The third-order valence-electron chi connectivity index (χ3n) is 4.97. The number of rotatable bonds is 5. The zero-order valence-electron chi connectivity index (χ0n) is 17.3. The Kier molecular flexibility index (Phi) is 6.45. The zero-order chi connectivity index (χ0) is 20.1. The van der Waals surface area contributed by atoms with E-state index in [1.807, 2.05) is 43.0 Å². The largest absolute Gasteiger partial charge is 0.491 e. The van der Waals surface area contributed by atoms with Crippen molar-refractivity contribution in [1.29, 1.82) is 0 Å². The predicted octanol–water partition coefficient (Wildman–Crippen LogP) is 4.95. The van der Waals surface area contributed by atoms with Crippen LogP contribution in [-0.2, 0) is 0 Å². The summed E-state index contributed by atoms with van der Waals surface area (Å²) >= 11 is 0. The maximum Gasteiger partial charge on any atom is 0.321 e. The molecule has 2 aromatic carbocycles. The van der Waals surface area contributed by atoms with Crippen LogP contribution in [0.15, 0.2) is 48.5 Å². The number of nitrogens with zero attached hydrogens (tertiary/aromatic N) is 2. The summed E-state index contributed by atoms with van der Waals surface area (Å²) in [4.78, 5) is 16.8. The number of carbonyl (C=O) groups excluding carboxylic acids is 1. The van der Waals surface area contributed by atoms with Crippen LogP contribution in [0.4, 0.5) is 16.2 Å². The van der Waals surface area contributed by atoms with Crippen molar-refractivity contribution in [2.75, 3.05) is 36.4 Å².